The number of ether oxygens (including phenoxy) is 2. The molecule has 0 amide bonds. The van der Waals surface area contributed by atoms with Crippen molar-refractivity contribution in [1.82, 2.24) is 9.78 Å². The standard InChI is InChI=1S/C11H10N2O4/c1-2-13-7-4-9-8(16-5-17-9)3-6(7)10(14)11(15)12-13/h3-4H,2,5H2,1H3,(H,12,15). The summed E-state index contributed by atoms with van der Waals surface area (Å²) in [4.78, 5) is 23.2. The molecule has 6 heteroatoms. The topological polar surface area (TPSA) is 73.3 Å². The molecule has 0 radical (unpaired) electrons. The van der Waals surface area contributed by atoms with Crippen molar-refractivity contribution in [1.29, 1.82) is 0 Å². The van der Waals surface area contributed by atoms with Gasteiger partial charge in [0.05, 0.1) is 10.9 Å². The second kappa shape index (κ2) is 3.38. The molecule has 0 bridgehead atoms. The highest BCUT2D eigenvalue weighted by molar-refractivity contribution is 5.82. The number of rotatable bonds is 1. The van der Waals surface area contributed by atoms with Crippen LogP contribution in [-0.4, -0.2) is 16.6 Å². The van der Waals surface area contributed by atoms with Gasteiger partial charge in [-0.2, -0.15) is 0 Å². The van der Waals surface area contributed by atoms with Crippen molar-refractivity contribution >= 4 is 10.9 Å². The summed E-state index contributed by atoms with van der Waals surface area (Å²) in [7, 11) is 0. The van der Waals surface area contributed by atoms with Gasteiger partial charge < -0.3 is 9.47 Å². The number of aromatic nitrogens is 2. The Labute approximate surface area is 95.4 Å². The summed E-state index contributed by atoms with van der Waals surface area (Å²) in [5, 5.41) is 2.86. The minimum absolute atomic E-state index is 0.139. The first-order valence-electron chi connectivity index (χ1n) is 5.27. The molecule has 1 aliphatic rings. The van der Waals surface area contributed by atoms with Gasteiger partial charge in [0, 0.05) is 12.6 Å². The Morgan fingerprint density at radius 1 is 1.29 bits per heavy atom. The van der Waals surface area contributed by atoms with E-state index in [4.69, 9.17) is 9.47 Å². The first-order valence-corrected chi connectivity index (χ1v) is 5.27. The van der Waals surface area contributed by atoms with Crippen LogP contribution in [0.15, 0.2) is 21.7 Å². The molecular formula is C11H10N2O4. The Morgan fingerprint density at radius 2 is 2.00 bits per heavy atom. The van der Waals surface area contributed by atoms with Crippen LogP contribution in [0.3, 0.4) is 0 Å². The Bertz CT molecular complexity index is 714. The smallest absolute Gasteiger partial charge is 0.310 e. The van der Waals surface area contributed by atoms with Gasteiger partial charge in [-0.3, -0.25) is 19.4 Å². The van der Waals surface area contributed by atoms with Crippen LogP contribution >= 0.6 is 0 Å². The summed E-state index contributed by atoms with van der Waals surface area (Å²) in [5.74, 6) is 1.09. The molecule has 0 unspecified atom stereocenters. The number of benzene rings is 1. The van der Waals surface area contributed by atoms with E-state index < -0.39 is 11.0 Å². The van der Waals surface area contributed by atoms with E-state index in [1.807, 2.05) is 6.92 Å². The maximum absolute atomic E-state index is 11.7. The number of hydrogen-bond acceptors (Lipinski definition) is 4. The number of hydrogen-bond donors (Lipinski definition) is 1. The number of nitrogens with zero attached hydrogens (tertiary/aromatic N) is 1. The molecule has 2 heterocycles. The van der Waals surface area contributed by atoms with E-state index in [0.29, 0.717) is 28.9 Å². The van der Waals surface area contributed by atoms with Gasteiger partial charge >= 0.3 is 5.56 Å². The number of aromatic amines is 1. The monoisotopic (exact) mass is 234 g/mol. The molecule has 1 aromatic carbocycles. The zero-order valence-corrected chi connectivity index (χ0v) is 9.15. The Kier molecular flexibility index (Phi) is 1.98. The summed E-state index contributed by atoms with van der Waals surface area (Å²) in [6.07, 6.45) is 0. The fourth-order valence-corrected chi connectivity index (χ4v) is 1.94. The van der Waals surface area contributed by atoms with Crippen LogP contribution in [-0.2, 0) is 6.54 Å². The minimum Gasteiger partial charge on any atom is -0.454 e. The average molecular weight is 234 g/mol. The summed E-state index contributed by atoms with van der Waals surface area (Å²) in [6, 6.07) is 3.26. The van der Waals surface area contributed by atoms with Crippen LogP contribution in [0.4, 0.5) is 0 Å². The number of fused-ring (bicyclic) bond motifs is 2. The summed E-state index contributed by atoms with van der Waals surface area (Å²) in [5.41, 5.74) is -0.539. The fraction of sp³-hybridized carbons (Fsp3) is 0.273. The fourth-order valence-electron chi connectivity index (χ4n) is 1.94. The van der Waals surface area contributed by atoms with Crippen LogP contribution in [0, 0.1) is 0 Å². The number of nitrogens with one attached hydrogen (secondary N) is 1. The van der Waals surface area contributed by atoms with E-state index in [2.05, 4.69) is 5.10 Å². The molecule has 0 aliphatic carbocycles. The van der Waals surface area contributed by atoms with Crippen molar-refractivity contribution in [3.8, 4) is 11.5 Å². The third-order valence-corrected chi connectivity index (χ3v) is 2.79. The molecule has 0 fully saturated rings. The Hall–Kier alpha value is -2.24. The molecule has 0 spiro atoms. The van der Waals surface area contributed by atoms with Gasteiger partial charge in [-0.15, -0.1) is 0 Å². The van der Waals surface area contributed by atoms with Gasteiger partial charge in [0.2, 0.25) is 6.79 Å². The van der Waals surface area contributed by atoms with Crippen molar-refractivity contribution in [3.63, 3.8) is 0 Å². The maximum Gasteiger partial charge on any atom is 0.310 e. The SMILES string of the molecule is CCn1[nH]c(=O)c(=O)c2cc3c(cc21)OCO3. The quantitative estimate of drug-likeness (QED) is 0.726. The molecule has 0 atom stereocenters. The van der Waals surface area contributed by atoms with Crippen LogP contribution in [0.1, 0.15) is 6.92 Å². The Balaban J connectivity index is 2.49. The summed E-state index contributed by atoms with van der Waals surface area (Å²) in [6.45, 7) is 2.58. The molecule has 17 heavy (non-hydrogen) atoms. The van der Waals surface area contributed by atoms with Crippen molar-refractivity contribution < 1.29 is 9.47 Å². The molecule has 1 N–H and O–H groups in total. The van der Waals surface area contributed by atoms with E-state index in [1.54, 1.807) is 16.8 Å². The van der Waals surface area contributed by atoms with Gasteiger partial charge in [0.25, 0.3) is 5.43 Å². The minimum atomic E-state index is -0.627. The second-order valence-electron chi connectivity index (χ2n) is 3.74. The lowest BCUT2D eigenvalue weighted by molar-refractivity contribution is 0.174. The summed E-state index contributed by atoms with van der Waals surface area (Å²) < 4.78 is 12.1. The van der Waals surface area contributed by atoms with Crippen LogP contribution in [0.5, 0.6) is 11.5 Å². The molecule has 0 saturated heterocycles. The van der Waals surface area contributed by atoms with E-state index >= 15 is 0 Å². The van der Waals surface area contributed by atoms with Crippen molar-refractivity contribution in [2.24, 2.45) is 0 Å². The Morgan fingerprint density at radius 3 is 2.71 bits per heavy atom. The zero-order chi connectivity index (χ0) is 12.0. The number of aryl methyl sites for hydroxylation is 1. The van der Waals surface area contributed by atoms with Gasteiger partial charge in [0.1, 0.15) is 0 Å². The largest absolute Gasteiger partial charge is 0.454 e. The molecule has 6 nitrogen and oxygen atoms in total. The molecule has 1 aromatic heterocycles. The molecular weight excluding hydrogens is 224 g/mol. The van der Waals surface area contributed by atoms with E-state index in [0.717, 1.165) is 0 Å². The first-order chi connectivity index (χ1) is 8.20. The highest BCUT2D eigenvalue weighted by Gasteiger charge is 2.17. The lowest BCUT2D eigenvalue weighted by Crippen LogP contribution is -2.31. The molecule has 2 aromatic rings. The van der Waals surface area contributed by atoms with Gasteiger partial charge in [0.15, 0.2) is 11.5 Å². The van der Waals surface area contributed by atoms with E-state index in [1.165, 1.54) is 0 Å². The molecule has 1 aliphatic heterocycles. The van der Waals surface area contributed by atoms with Gasteiger partial charge in [-0.05, 0) is 13.0 Å². The lowest BCUT2D eigenvalue weighted by Gasteiger charge is -2.08. The third kappa shape index (κ3) is 1.33. The van der Waals surface area contributed by atoms with Crippen LogP contribution < -0.4 is 20.5 Å². The van der Waals surface area contributed by atoms with Crippen molar-refractivity contribution in [2.45, 2.75) is 13.5 Å². The zero-order valence-electron chi connectivity index (χ0n) is 9.15. The normalized spacial score (nSPS) is 13.2. The maximum atomic E-state index is 11.7. The lowest BCUT2D eigenvalue weighted by atomic mass is 10.2. The molecule has 3 rings (SSSR count). The first kappa shape index (κ1) is 9.95. The van der Waals surface area contributed by atoms with Gasteiger partial charge in [-0.25, -0.2) is 0 Å². The molecule has 0 saturated carbocycles. The van der Waals surface area contributed by atoms with Crippen molar-refractivity contribution in [2.75, 3.05) is 6.79 Å². The predicted octanol–water partition coefficient (Wildman–Crippen LogP) is 0.438. The number of H-pyrrole nitrogens is 1. The van der Waals surface area contributed by atoms with Crippen LogP contribution in [0.2, 0.25) is 0 Å². The van der Waals surface area contributed by atoms with Gasteiger partial charge in [-0.1, -0.05) is 0 Å². The average Bonchev–Trinajstić information content (AvgIpc) is 2.79. The summed E-state index contributed by atoms with van der Waals surface area (Å²) >= 11 is 0. The van der Waals surface area contributed by atoms with Crippen molar-refractivity contribution in [3.05, 3.63) is 32.7 Å². The predicted molar refractivity (Wildman–Crippen MR) is 60.6 cm³/mol. The second-order valence-corrected chi connectivity index (χ2v) is 3.74. The third-order valence-electron chi connectivity index (χ3n) is 2.79. The molecule has 88 valence electrons. The van der Waals surface area contributed by atoms with Crippen LogP contribution in [0.25, 0.3) is 10.9 Å². The van der Waals surface area contributed by atoms with E-state index in [9.17, 15) is 9.59 Å². The van der Waals surface area contributed by atoms with E-state index in [-0.39, 0.29) is 6.79 Å². The highest BCUT2D eigenvalue weighted by atomic mass is 16.7. The highest BCUT2D eigenvalue weighted by Crippen LogP contribution is 2.34.